The van der Waals surface area contributed by atoms with Crippen molar-refractivity contribution in [2.45, 2.75) is 33.1 Å². The van der Waals surface area contributed by atoms with Gasteiger partial charge in [-0.15, -0.1) is 0 Å². The van der Waals surface area contributed by atoms with Crippen molar-refractivity contribution in [2.24, 2.45) is 11.7 Å². The van der Waals surface area contributed by atoms with Gasteiger partial charge in [-0.05, 0) is 43.9 Å². The maximum Gasteiger partial charge on any atom is 0.267 e. The van der Waals surface area contributed by atoms with Gasteiger partial charge in [-0.3, -0.25) is 23.7 Å². The van der Waals surface area contributed by atoms with Crippen LogP contribution in [0.2, 0.25) is 0 Å². The lowest BCUT2D eigenvalue weighted by Gasteiger charge is -2.32. The maximum atomic E-state index is 13.5. The average Bonchev–Trinajstić information content (AvgIpc) is 3.04. The van der Waals surface area contributed by atoms with Gasteiger partial charge >= 0.3 is 0 Å². The molecule has 0 radical (unpaired) electrons. The zero-order valence-electron chi connectivity index (χ0n) is 18.0. The summed E-state index contributed by atoms with van der Waals surface area (Å²) in [5.74, 6) is -0.142. The largest absolute Gasteiger partial charge is 0.369 e. The molecule has 8 nitrogen and oxygen atoms in total. The number of fused-ring (bicyclic) bond motifs is 1. The molecule has 4 rings (SSSR count). The van der Waals surface area contributed by atoms with Crippen molar-refractivity contribution in [1.29, 1.82) is 0 Å². The predicted molar refractivity (Wildman–Crippen MR) is 131 cm³/mol. The highest BCUT2D eigenvalue weighted by Gasteiger charge is 2.33. The van der Waals surface area contributed by atoms with Gasteiger partial charge in [0.2, 0.25) is 5.91 Å². The molecule has 10 heteroatoms. The summed E-state index contributed by atoms with van der Waals surface area (Å²) in [5, 5.41) is 0. The van der Waals surface area contributed by atoms with E-state index in [1.54, 1.807) is 23.2 Å². The third-order valence-corrected chi connectivity index (χ3v) is 7.24. The molecule has 2 aromatic rings. The number of amides is 2. The summed E-state index contributed by atoms with van der Waals surface area (Å²) in [4.78, 5) is 46.8. The number of hydrogen-bond acceptors (Lipinski definition) is 7. The molecule has 0 aromatic carbocycles. The summed E-state index contributed by atoms with van der Waals surface area (Å²) in [6.45, 7) is 5.54. The number of thioether (sulfide) groups is 1. The lowest BCUT2D eigenvalue weighted by Crippen LogP contribution is -2.40. The summed E-state index contributed by atoms with van der Waals surface area (Å²) < 4.78 is 2.00. The molecule has 2 aliphatic heterocycles. The summed E-state index contributed by atoms with van der Waals surface area (Å²) in [7, 11) is 0. The first-order valence-corrected chi connectivity index (χ1v) is 11.9. The van der Waals surface area contributed by atoms with E-state index in [0.717, 1.165) is 12.0 Å². The smallest absolute Gasteiger partial charge is 0.267 e. The molecular formula is C22H25N5O3S2. The van der Waals surface area contributed by atoms with Crippen LogP contribution in [0.25, 0.3) is 11.7 Å². The SMILES string of the molecule is CCCN1C(=O)/C(=C/c2c(N3CCC(C(N)=O)CC3)nc3c(C)cccn3c2=O)SC1=S. The van der Waals surface area contributed by atoms with E-state index in [9.17, 15) is 14.4 Å². The highest BCUT2D eigenvalue weighted by atomic mass is 32.2. The Hall–Kier alpha value is -2.72. The Bertz CT molecular complexity index is 1200. The van der Waals surface area contributed by atoms with Gasteiger partial charge in [-0.2, -0.15) is 0 Å². The number of primary amides is 1. The number of nitrogens with two attached hydrogens (primary N) is 1. The van der Waals surface area contributed by atoms with Crippen LogP contribution in [0.1, 0.15) is 37.3 Å². The summed E-state index contributed by atoms with van der Waals surface area (Å²) in [6.07, 6.45) is 5.29. The number of carbonyl (C=O) groups is 2. The van der Waals surface area contributed by atoms with Crippen molar-refractivity contribution in [2.75, 3.05) is 24.5 Å². The predicted octanol–water partition coefficient (Wildman–Crippen LogP) is 2.32. The van der Waals surface area contributed by atoms with Crippen molar-refractivity contribution in [3.8, 4) is 0 Å². The Labute approximate surface area is 195 Å². The molecule has 2 aliphatic rings. The number of nitrogens with zero attached hydrogens (tertiary/aromatic N) is 4. The normalized spacial score (nSPS) is 18.9. The molecule has 0 unspecified atom stereocenters. The number of rotatable bonds is 5. The lowest BCUT2D eigenvalue weighted by atomic mass is 9.96. The van der Waals surface area contributed by atoms with Crippen molar-refractivity contribution < 1.29 is 9.59 Å². The van der Waals surface area contributed by atoms with Gasteiger partial charge in [0, 0.05) is 31.7 Å². The fourth-order valence-electron chi connectivity index (χ4n) is 4.09. The molecule has 2 N–H and O–H groups in total. The third kappa shape index (κ3) is 4.04. The van der Waals surface area contributed by atoms with Crippen molar-refractivity contribution in [1.82, 2.24) is 14.3 Å². The molecule has 2 aromatic heterocycles. The van der Waals surface area contributed by atoms with E-state index in [0.29, 0.717) is 58.7 Å². The Morgan fingerprint density at radius 2 is 2.06 bits per heavy atom. The van der Waals surface area contributed by atoms with Crippen molar-refractivity contribution in [3.05, 3.63) is 44.7 Å². The van der Waals surface area contributed by atoms with Gasteiger partial charge in [0.05, 0.1) is 10.5 Å². The minimum absolute atomic E-state index is 0.178. The zero-order valence-corrected chi connectivity index (χ0v) is 19.7. The Kier molecular flexibility index (Phi) is 6.34. The van der Waals surface area contributed by atoms with E-state index in [2.05, 4.69) is 0 Å². The number of piperidine rings is 1. The van der Waals surface area contributed by atoms with Gasteiger partial charge in [-0.1, -0.05) is 37.0 Å². The van der Waals surface area contributed by atoms with Crippen molar-refractivity contribution >= 4 is 57.7 Å². The highest BCUT2D eigenvalue weighted by molar-refractivity contribution is 8.26. The fourth-order valence-corrected chi connectivity index (χ4v) is 5.38. The van der Waals surface area contributed by atoms with E-state index < -0.39 is 0 Å². The van der Waals surface area contributed by atoms with E-state index >= 15 is 0 Å². The molecule has 32 heavy (non-hydrogen) atoms. The van der Waals surface area contributed by atoms with E-state index in [-0.39, 0.29) is 23.3 Å². The minimum Gasteiger partial charge on any atom is -0.369 e. The molecule has 2 fully saturated rings. The van der Waals surface area contributed by atoms with Crippen molar-refractivity contribution in [3.63, 3.8) is 0 Å². The van der Waals surface area contributed by atoms with Gasteiger partial charge in [0.1, 0.15) is 15.8 Å². The second kappa shape index (κ2) is 9.03. The first-order valence-electron chi connectivity index (χ1n) is 10.6. The zero-order chi connectivity index (χ0) is 23.0. The number of pyridine rings is 1. The molecule has 0 bridgehead atoms. The van der Waals surface area contributed by atoms with E-state index in [1.807, 2.05) is 24.8 Å². The second-order valence-electron chi connectivity index (χ2n) is 8.04. The quantitative estimate of drug-likeness (QED) is 0.527. The van der Waals surface area contributed by atoms with E-state index in [1.165, 1.54) is 16.2 Å². The summed E-state index contributed by atoms with van der Waals surface area (Å²) in [5.41, 5.74) is 7.03. The molecular weight excluding hydrogens is 446 g/mol. The summed E-state index contributed by atoms with van der Waals surface area (Å²) >= 11 is 6.58. The Balaban J connectivity index is 1.83. The second-order valence-corrected chi connectivity index (χ2v) is 9.71. The first-order chi connectivity index (χ1) is 15.3. The number of hydrogen-bond donors (Lipinski definition) is 1. The number of anilines is 1. The number of aryl methyl sites for hydroxylation is 1. The molecule has 0 spiro atoms. The van der Waals surface area contributed by atoms with Crippen LogP contribution in [0.5, 0.6) is 0 Å². The lowest BCUT2D eigenvalue weighted by molar-refractivity contribution is -0.123. The Morgan fingerprint density at radius 3 is 2.72 bits per heavy atom. The number of aromatic nitrogens is 2. The minimum atomic E-state index is -0.299. The van der Waals surface area contributed by atoms with Crippen LogP contribution in [0.15, 0.2) is 28.0 Å². The van der Waals surface area contributed by atoms with Crippen LogP contribution >= 0.6 is 24.0 Å². The Morgan fingerprint density at radius 1 is 1.34 bits per heavy atom. The van der Waals surface area contributed by atoms with Crippen LogP contribution in [0, 0.1) is 12.8 Å². The van der Waals surface area contributed by atoms with E-state index in [4.69, 9.17) is 22.9 Å². The molecule has 2 saturated heterocycles. The van der Waals surface area contributed by atoms with Gasteiger partial charge < -0.3 is 10.6 Å². The maximum absolute atomic E-state index is 13.5. The molecule has 168 valence electrons. The fraction of sp³-hybridized carbons (Fsp3) is 0.409. The number of carbonyl (C=O) groups excluding carboxylic acids is 2. The standard InChI is InChI=1S/C22H25N5O3S2/c1-3-8-27-21(30)16(32-22(27)31)12-15-19(25-10-6-14(7-11-25)17(23)28)24-18-13(2)5-4-9-26(18)20(15)29/h4-5,9,12,14H,3,6-8,10-11H2,1-2H3,(H2,23,28)/b16-12-. The van der Waals surface area contributed by atoms with Crippen LogP contribution in [0.4, 0.5) is 5.82 Å². The molecule has 2 amide bonds. The number of thiocarbonyl (C=S) groups is 1. The van der Waals surface area contributed by atoms with Crippen LogP contribution in [-0.2, 0) is 9.59 Å². The molecule has 4 heterocycles. The molecule has 0 saturated carbocycles. The monoisotopic (exact) mass is 471 g/mol. The van der Waals surface area contributed by atoms with Gasteiger partial charge in [0.25, 0.3) is 11.5 Å². The highest BCUT2D eigenvalue weighted by Crippen LogP contribution is 2.34. The first kappa shape index (κ1) is 22.5. The molecule has 0 aliphatic carbocycles. The molecule has 0 atom stereocenters. The topological polar surface area (TPSA) is 101 Å². The third-order valence-electron chi connectivity index (χ3n) is 5.86. The van der Waals surface area contributed by atoms with Crippen LogP contribution in [-0.4, -0.2) is 50.1 Å². The van der Waals surface area contributed by atoms with Crippen LogP contribution < -0.4 is 16.2 Å². The van der Waals surface area contributed by atoms with Crippen LogP contribution in [0.3, 0.4) is 0 Å². The summed E-state index contributed by atoms with van der Waals surface area (Å²) in [6, 6.07) is 3.70. The van der Waals surface area contributed by atoms with Gasteiger partial charge in [-0.25, -0.2) is 4.98 Å². The van der Waals surface area contributed by atoms with Gasteiger partial charge in [0.15, 0.2) is 0 Å². The average molecular weight is 472 g/mol.